The summed E-state index contributed by atoms with van der Waals surface area (Å²) in [4.78, 5) is 11.8. The number of carbonyl (C=O) groups excluding carboxylic acids is 1. The minimum atomic E-state index is -3.60. The fraction of sp³-hybridized carbons (Fsp3) is 0.500. The summed E-state index contributed by atoms with van der Waals surface area (Å²) in [6.07, 6.45) is 1.07. The van der Waals surface area contributed by atoms with Crippen LogP contribution in [-0.4, -0.2) is 54.5 Å². The van der Waals surface area contributed by atoms with E-state index in [2.05, 4.69) is 5.32 Å². The normalized spacial score (nSPS) is 11.1. The first kappa shape index (κ1) is 19.5. The lowest BCUT2D eigenvalue weighted by atomic mass is 10.2. The summed E-state index contributed by atoms with van der Waals surface area (Å²) in [6.45, 7) is 0.743. The van der Waals surface area contributed by atoms with Crippen LogP contribution in [0.2, 0.25) is 5.02 Å². The Morgan fingerprint density at radius 2 is 2.04 bits per heavy atom. The van der Waals surface area contributed by atoms with E-state index in [4.69, 9.17) is 21.1 Å². The highest BCUT2D eigenvalue weighted by atomic mass is 35.5. The summed E-state index contributed by atoms with van der Waals surface area (Å²) in [5, 5.41) is 3.01. The molecule has 1 rings (SSSR count). The Hall–Kier alpha value is -1.51. The van der Waals surface area contributed by atoms with Gasteiger partial charge in [0.2, 0.25) is 15.9 Å². The van der Waals surface area contributed by atoms with E-state index in [-0.39, 0.29) is 18.9 Å². The zero-order valence-electron chi connectivity index (χ0n) is 13.3. The van der Waals surface area contributed by atoms with E-state index in [0.29, 0.717) is 29.6 Å². The molecule has 0 bridgehead atoms. The maximum absolute atomic E-state index is 12.1. The van der Waals surface area contributed by atoms with Crippen molar-refractivity contribution < 1.29 is 22.7 Å². The van der Waals surface area contributed by atoms with Gasteiger partial charge >= 0.3 is 0 Å². The molecule has 0 aliphatic heterocycles. The van der Waals surface area contributed by atoms with Crippen molar-refractivity contribution in [2.24, 2.45) is 0 Å². The molecule has 0 saturated heterocycles. The number of methoxy groups -OCH3 is 2. The molecule has 9 heteroatoms. The molecule has 0 aromatic heterocycles. The SMILES string of the molecule is COCCNC(=O)CCN(c1cc(Cl)ccc1OC)S(C)(=O)=O. The second-order valence-electron chi connectivity index (χ2n) is 4.74. The Balaban J connectivity index is 2.91. The van der Waals surface area contributed by atoms with Gasteiger partial charge in [-0.25, -0.2) is 8.42 Å². The summed E-state index contributed by atoms with van der Waals surface area (Å²) in [5.74, 6) is 0.0938. The van der Waals surface area contributed by atoms with Crippen LogP contribution < -0.4 is 14.4 Å². The maximum Gasteiger partial charge on any atom is 0.232 e. The molecule has 1 amide bonds. The van der Waals surface area contributed by atoms with Crippen molar-refractivity contribution in [2.75, 3.05) is 44.5 Å². The number of halogens is 1. The molecule has 0 saturated carbocycles. The lowest BCUT2D eigenvalue weighted by Crippen LogP contribution is -2.35. The van der Waals surface area contributed by atoms with Gasteiger partial charge in [0.25, 0.3) is 0 Å². The van der Waals surface area contributed by atoms with Gasteiger partial charge in [-0.05, 0) is 18.2 Å². The zero-order valence-corrected chi connectivity index (χ0v) is 14.9. The molecule has 0 aliphatic rings. The van der Waals surface area contributed by atoms with Crippen molar-refractivity contribution in [3.8, 4) is 5.75 Å². The molecule has 0 atom stereocenters. The predicted octanol–water partition coefficient (Wildman–Crippen LogP) is 1.27. The molecule has 0 radical (unpaired) electrons. The van der Waals surface area contributed by atoms with Crippen LogP contribution >= 0.6 is 11.6 Å². The number of amides is 1. The zero-order chi connectivity index (χ0) is 17.5. The summed E-state index contributed by atoms with van der Waals surface area (Å²) in [5.41, 5.74) is 0.298. The van der Waals surface area contributed by atoms with E-state index in [9.17, 15) is 13.2 Å². The van der Waals surface area contributed by atoms with Gasteiger partial charge in [-0.15, -0.1) is 0 Å². The van der Waals surface area contributed by atoms with Gasteiger partial charge < -0.3 is 14.8 Å². The number of hydrogen-bond acceptors (Lipinski definition) is 5. The fourth-order valence-corrected chi connectivity index (χ4v) is 3.00. The van der Waals surface area contributed by atoms with Crippen molar-refractivity contribution >= 4 is 33.2 Å². The van der Waals surface area contributed by atoms with Gasteiger partial charge in [0.05, 0.1) is 25.7 Å². The third kappa shape index (κ3) is 6.25. The molecule has 23 heavy (non-hydrogen) atoms. The lowest BCUT2D eigenvalue weighted by Gasteiger charge is -2.24. The average Bonchev–Trinajstić information content (AvgIpc) is 2.46. The van der Waals surface area contributed by atoms with Crippen molar-refractivity contribution in [2.45, 2.75) is 6.42 Å². The molecule has 0 aliphatic carbocycles. The minimum Gasteiger partial charge on any atom is -0.495 e. The predicted molar refractivity (Wildman–Crippen MR) is 89.7 cm³/mol. The molecule has 0 fully saturated rings. The van der Waals surface area contributed by atoms with E-state index in [1.165, 1.54) is 20.3 Å². The van der Waals surface area contributed by atoms with Crippen molar-refractivity contribution in [3.05, 3.63) is 23.2 Å². The van der Waals surface area contributed by atoms with E-state index < -0.39 is 10.0 Å². The second-order valence-corrected chi connectivity index (χ2v) is 7.09. The standard InChI is InChI=1S/C14H21ClN2O5S/c1-21-9-7-16-14(18)6-8-17(23(3,19)20)12-10-11(15)4-5-13(12)22-2/h4-5,10H,6-9H2,1-3H3,(H,16,18). The van der Waals surface area contributed by atoms with Gasteiger partial charge in [-0.1, -0.05) is 11.6 Å². The first-order valence-corrected chi connectivity index (χ1v) is 9.09. The molecule has 1 N–H and O–H groups in total. The Morgan fingerprint density at radius 1 is 1.35 bits per heavy atom. The minimum absolute atomic E-state index is 0.00640. The number of hydrogen-bond donors (Lipinski definition) is 1. The second kappa shape index (κ2) is 8.95. The fourth-order valence-electron chi connectivity index (χ4n) is 1.91. The Labute approximate surface area is 141 Å². The molecule has 1 aromatic rings. The van der Waals surface area contributed by atoms with Crippen molar-refractivity contribution in [1.82, 2.24) is 5.32 Å². The molecule has 130 valence electrons. The number of nitrogens with one attached hydrogen (secondary N) is 1. The van der Waals surface area contributed by atoms with E-state index in [1.807, 2.05) is 0 Å². The average molecular weight is 365 g/mol. The largest absolute Gasteiger partial charge is 0.495 e. The summed E-state index contributed by atoms with van der Waals surface area (Å²) in [7, 11) is -0.632. The molecule has 0 unspecified atom stereocenters. The van der Waals surface area contributed by atoms with Crippen LogP contribution in [0.25, 0.3) is 0 Å². The molecular formula is C14H21ClN2O5S. The smallest absolute Gasteiger partial charge is 0.232 e. The van der Waals surface area contributed by atoms with Gasteiger partial charge in [-0.3, -0.25) is 9.10 Å². The summed E-state index contributed by atoms with van der Waals surface area (Å²) < 4.78 is 35.2. The van der Waals surface area contributed by atoms with Gasteiger partial charge in [0.1, 0.15) is 5.75 Å². The summed E-state index contributed by atoms with van der Waals surface area (Å²) in [6, 6.07) is 4.67. The Kier molecular flexibility index (Phi) is 7.60. The topological polar surface area (TPSA) is 84.9 Å². The molecule has 1 aromatic carbocycles. The number of carbonyl (C=O) groups is 1. The van der Waals surface area contributed by atoms with Crippen LogP contribution in [0.15, 0.2) is 18.2 Å². The van der Waals surface area contributed by atoms with E-state index in [0.717, 1.165) is 10.6 Å². The third-order valence-corrected chi connectivity index (χ3v) is 4.40. The van der Waals surface area contributed by atoms with Crippen LogP contribution in [0.1, 0.15) is 6.42 Å². The number of benzene rings is 1. The molecular weight excluding hydrogens is 344 g/mol. The molecule has 7 nitrogen and oxygen atoms in total. The van der Waals surface area contributed by atoms with Gasteiger partial charge in [-0.2, -0.15) is 0 Å². The number of anilines is 1. The third-order valence-electron chi connectivity index (χ3n) is 2.98. The Bertz CT molecular complexity index is 636. The highest BCUT2D eigenvalue weighted by Crippen LogP contribution is 2.32. The summed E-state index contributed by atoms with van der Waals surface area (Å²) >= 11 is 5.94. The highest BCUT2D eigenvalue weighted by molar-refractivity contribution is 7.92. The molecule has 0 spiro atoms. The van der Waals surface area contributed by atoms with E-state index in [1.54, 1.807) is 12.1 Å². The highest BCUT2D eigenvalue weighted by Gasteiger charge is 2.22. The maximum atomic E-state index is 12.1. The van der Waals surface area contributed by atoms with Crippen LogP contribution in [0.5, 0.6) is 5.75 Å². The number of sulfonamides is 1. The number of nitrogens with zero attached hydrogens (tertiary/aromatic N) is 1. The lowest BCUT2D eigenvalue weighted by molar-refractivity contribution is -0.121. The quantitative estimate of drug-likeness (QED) is 0.667. The van der Waals surface area contributed by atoms with Crippen molar-refractivity contribution in [1.29, 1.82) is 0 Å². The van der Waals surface area contributed by atoms with Crippen LogP contribution in [-0.2, 0) is 19.6 Å². The number of ether oxygens (including phenoxy) is 2. The first-order valence-electron chi connectivity index (χ1n) is 6.86. The van der Waals surface area contributed by atoms with Gasteiger partial charge in [0.15, 0.2) is 0 Å². The van der Waals surface area contributed by atoms with Crippen LogP contribution in [0.3, 0.4) is 0 Å². The molecule has 0 heterocycles. The first-order chi connectivity index (χ1) is 10.8. The monoisotopic (exact) mass is 364 g/mol. The number of rotatable bonds is 9. The van der Waals surface area contributed by atoms with E-state index >= 15 is 0 Å². The van der Waals surface area contributed by atoms with Crippen molar-refractivity contribution in [3.63, 3.8) is 0 Å². The van der Waals surface area contributed by atoms with Gasteiger partial charge in [0, 0.05) is 31.6 Å². The van der Waals surface area contributed by atoms with Crippen LogP contribution in [0, 0.1) is 0 Å². The Morgan fingerprint density at radius 3 is 2.61 bits per heavy atom. The van der Waals surface area contributed by atoms with Crippen LogP contribution in [0.4, 0.5) is 5.69 Å².